The molecule has 0 radical (unpaired) electrons. The Morgan fingerprint density at radius 3 is 2.36 bits per heavy atom. The number of amides is 1. The highest BCUT2D eigenvalue weighted by Gasteiger charge is 2.24. The van der Waals surface area contributed by atoms with Gasteiger partial charge in [0.15, 0.2) is 0 Å². The molecule has 1 N–H and O–H groups in total. The average molecular weight is 301 g/mol. The van der Waals surface area contributed by atoms with E-state index in [0.717, 1.165) is 31.5 Å². The van der Waals surface area contributed by atoms with Crippen LogP contribution in [-0.4, -0.2) is 35.1 Å². The van der Waals surface area contributed by atoms with Crippen LogP contribution >= 0.6 is 0 Å². The summed E-state index contributed by atoms with van der Waals surface area (Å²) in [5, 5.41) is 9.62. The second kappa shape index (κ2) is 7.10. The van der Waals surface area contributed by atoms with Gasteiger partial charge in [-0.2, -0.15) is 0 Å². The highest BCUT2D eigenvalue weighted by molar-refractivity contribution is 5.92. The molecule has 3 heteroatoms. The van der Waals surface area contributed by atoms with E-state index in [9.17, 15) is 9.90 Å². The summed E-state index contributed by atoms with van der Waals surface area (Å²) in [6, 6.07) is 4.29. The SMILES string of the molecule is Cc1cc(C)c(C=CC(=O)N2CCC(C(C)O)CC2)cc1C. The van der Waals surface area contributed by atoms with Gasteiger partial charge in [-0.25, -0.2) is 0 Å². The lowest BCUT2D eigenvalue weighted by atomic mass is 9.92. The molecule has 1 aliphatic heterocycles. The molecule has 0 bridgehead atoms. The van der Waals surface area contributed by atoms with Crippen LogP contribution in [0, 0.1) is 26.7 Å². The highest BCUT2D eigenvalue weighted by atomic mass is 16.3. The first-order valence-electron chi connectivity index (χ1n) is 8.11. The Hall–Kier alpha value is -1.61. The van der Waals surface area contributed by atoms with Crippen molar-refractivity contribution in [1.82, 2.24) is 4.90 Å². The zero-order valence-corrected chi connectivity index (χ0v) is 14.1. The van der Waals surface area contributed by atoms with Crippen LogP contribution in [0.5, 0.6) is 0 Å². The number of carbonyl (C=O) groups excluding carboxylic acids is 1. The second-order valence-electron chi connectivity index (χ2n) is 6.53. The van der Waals surface area contributed by atoms with Crippen molar-refractivity contribution in [2.75, 3.05) is 13.1 Å². The number of benzene rings is 1. The standard InChI is InChI=1S/C19H27NO2/c1-13-11-15(3)18(12-14(13)2)5-6-19(22)20-9-7-17(8-10-20)16(4)21/h5-6,11-12,16-17,21H,7-10H2,1-4H3. The Morgan fingerprint density at radius 2 is 1.77 bits per heavy atom. The van der Waals surface area contributed by atoms with E-state index in [-0.39, 0.29) is 12.0 Å². The Balaban J connectivity index is 1.99. The summed E-state index contributed by atoms with van der Waals surface area (Å²) in [7, 11) is 0. The van der Waals surface area contributed by atoms with Crippen LogP contribution in [0.3, 0.4) is 0 Å². The van der Waals surface area contributed by atoms with E-state index in [0.29, 0.717) is 5.92 Å². The zero-order chi connectivity index (χ0) is 16.3. The predicted octanol–water partition coefficient (Wildman–Crippen LogP) is 3.24. The third kappa shape index (κ3) is 3.98. The fraction of sp³-hybridized carbons (Fsp3) is 0.526. The molecule has 22 heavy (non-hydrogen) atoms. The maximum absolute atomic E-state index is 12.3. The summed E-state index contributed by atoms with van der Waals surface area (Å²) in [6.07, 6.45) is 5.11. The highest BCUT2D eigenvalue weighted by Crippen LogP contribution is 2.21. The zero-order valence-electron chi connectivity index (χ0n) is 14.1. The largest absolute Gasteiger partial charge is 0.393 e. The van der Waals surface area contributed by atoms with E-state index in [1.807, 2.05) is 17.9 Å². The number of aliphatic hydroxyl groups excluding tert-OH is 1. The molecule has 0 aliphatic carbocycles. The molecule has 3 nitrogen and oxygen atoms in total. The summed E-state index contributed by atoms with van der Waals surface area (Å²) in [5.41, 5.74) is 4.83. The van der Waals surface area contributed by atoms with E-state index in [1.165, 1.54) is 16.7 Å². The van der Waals surface area contributed by atoms with Crippen molar-refractivity contribution >= 4 is 12.0 Å². The molecular weight excluding hydrogens is 274 g/mol. The maximum Gasteiger partial charge on any atom is 0.246 e. The van der Waals surface area contributed by atoms with E-state index in [2.05, 4.69) is 32.9 Å². The van der Waals surface area contributed by atoms with Crippen molar-refractivity contribution in [2.24, 2.45) is 5.92 Å². The molecule has 1 fully saturated rings. The molecule has 1 aliphatic rings. The van der Waals surface area contributed by atoms with E-state index in [1.54, 1.807) is 6.08 Å². The van der Waals surface area contributed by atoms with Crippen molar-refractivity contribution in [3.05, 3.63) is 40.5 Å². The first-order chi connectivity index (χ1) is 10.4. The Labute approximate surface area is 133 Å². The van der Waals surface area contributed by atoms with Gasteiger partial charge in [-0.05, 0) is 74.8 Å². The molecule has 2 rings (SSSR count). The third-order valence-electron chi connectivity index (χ3n) is 4.82. The Morgan fingerprint density at radius 1 is 1.18 bits per heavy atom. The molecule has 1 aromatic carbocycles. The van der Waals surface area contributed by atoms with Gasteiger partial charge in [-0.1, -0.05) is 12.1 Å². The van der Waals surface area contributed by atoms with Crippen LogP contribution < -0.4 is 0 Å². The molecule has 0 saturated carbocycles. The van der Waals surface area contributed by atoms with Gasteiger partial charge >= 0.3 is 0 Å². The average Bonchev–Trinajstić information content (AvgIpc) is 2.49. The van der Waals surface area contributed by atoms with Crippen LogP contribution in [0.15, 0.2) is 18.2 Å². The van der Waals surface area contributed by atoms with Crippen LogP contribution in [-0.2, 0) is 4.79 Å². The summed E-state index contributed by atoms with van der Waals surface area (Å²) >= 11 is 0. The second-order valence-corrected chi connectivity index (χ2v) is 6.53. The quantitative estimate of drug-likeness (QED) is 0.871. The lowest BCUT2D eigenvalue weighted by Gasteiger charge is -2.32. The molecular formula is C19H27NO2. The fourth-order valence-corrected chi connectivity index (χ4v) is 3.03. The summed E-state index contributed by atoms with van der Waals surface area (Å²) < 4.78 is 0. The molecule has 1 saturated heterocycles. The molecule has 1 amide bonds. The number of piperidine rings is 1. The van der Waals surface area contributed by atoms with Crippen molar-refractivity contribution in [1.29, 1.82) is 0 Å². The topological polar surface area (TPSA) is 40.5 Å². The van der Waals surface area contributed by atoms with Crippen molar-refractivity contribution in [2.45, 2.75) is 46.6 Å². The van der Waals surface area contributed by atoms with Gasteiger partial charge in [0.25, 0.3) is 0 Å². The van der Waals surface area contributed by atoms with Gasteiger partial charge in [0.2, 0.25) is 5.91 Å². The van der Waals surface area contributed by atoms with Crippen molar-refractivity contribution < 1.29 is 9.90 Å². The monoisotopic (exact) mass is 301 g/mol. The van der Waals surface area contributed by atoms with Gasteiger partial charge < -0.3 is 10.0 Å². The third-order valence-corrected chi connectivity index (χ3v) is 4.82. The number of carbonyl (C=O) groups is 1. The van der Waals surface area contributed by atoms with Gasteiger partial charge in [-0.15, -0.1) is 0 Å². The number of nitrogens with zero attached hydrogens (tertiary/aromatic N) is 1. The normalized spacial score (nSPS) is 18.0. The van der Waals surface area contributed by atoms with Crippen LogP contribution in [0.25, 0.3) is 6.08 Å². The molecule has 1 atom stereocenters. The summed E-state index contributed by atoms with van der Waals surface area (Å²) in [5.74, 6) is 0.400. The molecule has 1 heterocycles. The molecule has 1 unspecified atom stereocenters. The van der Waals surface area contributed by atoms with Gasteiger partial charge in [-0.3, -0.25) is 4.79 Å². The maximum atomic E-state index is 12.3. The van der Waals surface area contributed by atoms with Crippen LogP contribution in [0.4, 0.5) is 0 Å². The number of likely N-dealkylation sites (tertiary alicyclic amines) is 1. The van der Waals surface area contributed by atoms with Gasteiger partial charge in [0, 0.05) is 19.2 Å². The van der Waals surface area contributed by atoms with Crippen LogP contribution in [0.2, 0.25) is 0 Å². The Kier molecular flexibility index (Phi) is 5.41. The van der Waals surface area contributed by atoms with E-state index >= 15 is 0 Å². The predicted molar refractivity (Wildman–Crippen MR) is 90.7 cm³/mol. The minimum absolute atomic E-state index is 0.0710. The van der Waals surface area contributed by atoms with Gasteiger partial charge in [0.1, 0.15) is 0 Å². The number of hydrogen-bond donors (Lipinski definition) is 1. The lowest BCUT2D eigenvalue weighted by molar-refractivity contribution is -0.127. The van der Waals surface area contributed by atoms with E-state index in [4.69, 9.17) is 0 Å². The van der Waals surface area contributed by atoms with Crippen molar-refractivity contribution in [3.63, 3.8) is 0 Å². The summed E-state index contributed by atoms with van der Waals surface area (Å²) in [6.45, 7) is 9.59. The van der Waals surface area contributed by atoms with E-state index < -0.39 is 0 Å². The smallest absolute Gasteiger partial charge is 0.246 e. The molecule has 120 valence electrons. The number of rotatable bonds is 3. The molecule has 0 aromatic heterocycles. The number of aliphatic hydroxyl groups is 1. The molecule has 1 aromatic rings. The first-order valence-corrected chi connectivity index (χ1v) is 8.11. The minimum atomic E-state index is -0.272. The van der Waals surface area contributed by atoms with Crippen LogP contribution in [0.1, 0.15) is 42.0 Å². The van der Waals surface area contributed by atoms with Gasteiger partial charge in [0.05, 0.1) is 6.10 Å². The minimum Gasteiger partial charge on any atom is -0.393 e. The molecule has 0 spiro atoms. The number of hydrogen-bond acceptors (Lipinski definition) is 2. The first kappa shape index (κ1) is 16.8. The van der Waals surface area contributed by atoms with Crippen molar-refractivity contribution in [3.8, 4) is 0 Å². The summed E-state index contributed by atoms with van der Waals surface area (Å²) in [4.78, 5) is 14.2. The fourth-order valence-electron chi connectivity index (χ4n) is 3.03. The Bertz CT molecular complexity index is 567. The lowest BCUT2D eigenvalue weighted by Crippen LogP contribution is -2.39. The number of aryl methyl sites for hydroxylation is 3.